The van der Waals surface area contributed by atoms with E-state index in [-0.39, 0.29) is 38.0 Å². The van der Waals surface area contributed by atoms with Gasteiger partial charge in [-0.05, 0) is 135 Å². The van der Waals surface area contributed by atoms with E-state index in [1.165, 1.54) is 89.9 Å². The number of esters is 3. The maximum Gasteiger partial charge on any atom is 0.306 e. The summed E-state index contributed by atoms with van der Waals surface area (Å²) in [5, 5.41) is 0. The van der Waals surface area contributed by atoms with Crippen LogP contribution in [0.5, 0.6) is 0 Å². The third kappa shape index (κ3) is 63.5. The Bertz CT molecular complexity index is 1820. The molecule has 0 rings (SSSR count). The van der Waals surface area contributed by atoms with Crippen LogP contribution in [0.15, 0.2) is 170 Å². The van der Waals surface area contributed by atoms with Crippen LogP contribution in [0.4, 0.5) is 0 Å². The first-order valence-electron chi connectivity index (χ1n) is 31.6. The Morgan fingerprint density at radius 1 is 0.266 bits per heavy atom. The van der Waals surface area contributed by atoms with Gasteiger partial charge in [-0.2, -0.15) is 0 Å². The molecule has 0 aliphatic rings. The van der Waals surface area contributed by atoms with Crippen molar-refractivity contribution in [2.75, 3.05) is 13.2 Å². The van der Waals surface area contributed by atoms with Crippen LogP contribution < -0.4 is 0 Å². The van der Waals surface area contributed by atoms with Gasteiger partial charge in [-0.25, -0.2) is 0 Å². The predicted octanol–water partition coefficient (Wildman–Crippen LogP) is 21.9. The number of carbonyl (C=O) groups is 3. The molecule has 0 fully saturated rings. The summed E-state index contributed by atoms with van der Waals surface area (Å²) in [7, 11) is 0. The second-order valence-electron chi connectivity index (χ2n) is 20.2. The maximum absolute atomic E-state index is 12.9. The molecule has 79 heavy (non-hydrogen) atoms. The van der Waals surface area contributed by atoms with Crippen molar-refractivity contribution in [2.24, 2.45) is 0 Å². The minimum Gasteiger partial charge on any atom is -0.462 e. The van der Waals surface area contributed by atoms with Gasteiger partial charge in [-0.15, -0.1) is 0 Å². The Balaban J connectivity index is 4.55. The van der Waals surface area contributed by atoms with E-state index in [1.54, 1.807) is 0 Å². The van der Waals surface area contributed by atoms with Gasteiger partial charge in [-0.3, -0.25) is 14.4 Å². The van der Waals surface area contributed by atoms with Gasteiger partial charge in [0.15, 0.2) is 6.10 Å². The van der Waals surface area contributed by atoms with E-state index >= 15 is 0 Å². The van der Waals surface area contributed by atoms with Crippen molar-refractivity contribution in [3.63, 3.8) is 0 Å². The molecule has 0 heterocycles. The van der Waals surface area contributed by atoms with Crippen molar-refractivity contribution in [3.8, 4) is 0 Å². The molecule has 0 aliphatic carbocycles. The van der Waals surface area contributed by atoms with Crippen molar-refractivity contribution in [1.82, 2.24) is 0 Å². The summed E-state index contributed by atoms with van der Waals surface area (Å²) in [6.45, 7) is 6.28. The fourth-order valence-electron chi connectivity index (χ4n) is 8.04. The summed E-state index contributed by atoms with van der Waals surface area (Å²) < 4.78 is 16.8. The number of hydrogen-bond donors (Lipinski definition) is 0. The van der Waals surface area contributed by atoms with Crippen molar-refractivity contribution in [2.45, 2.75) is 258 Å². The number of rotatable bonds is 55. The first-order valence-corrected chi connectivity index (χ1v) is 31.6. The Hall–Kier alpha value is -5.23. The Morgan fingerprint density at radius 2 is 0.532 bits per heavy atom. The summed E-state index contributed by atoms with van der Waals surface area (Å²) in [5.74, 6) is -1.09. The lowest BCUT2D eigenvalue weighted by Gasteiger charge is -2.18. The Labute approximate surface area is 485 Å². The van der Waals surface area contributed by atoms with Crippen molar-refractivity contribution in [3.05, 3.63) is 170 Å². The summed E-state index contributed by atoms with van der Waals surface area (Å²) >= 11 is 0. The molecule has 1 unspecified atom stereocenters. The third-order valence-electron chi connectivity index (χ3n) is 12.7. The molecule has 0 bridgehead atoms. The Morgan fingerprint density at radius 3 is 0.873 bits per heavy atom. The number of hydrogen-bond acceptors (Lipinski definition) is 6. The fourth-order valence-corrected chi connectivity index (χ4v) is 8.04. The smallest absolute Gasteiger partial charge is 0.306 e. The van der Waals surface area contributed by atoms with Gasteiger partial charge < -0.3 is 14.2 Å². The number of carbonyl (C=O) groups excluding carboxylic acids is 3. The molecule has 0 N–H and O–H groups in total. The summed E-state index contributed by atoms with van der Waals surface area (Å²) in [5.41, 5.74) is 0. The highest BCUT2D eigenvalue weighted by Gasteiger charge is 2.19. The molecule has 0 spiro atoms. The summed E-state index contributed by atoms with van der Waals surface area (Å²) in [4.78, 5) is 38.3. The fraction of sp³-hybridized carbons (Fsp3) is 0.575. The number of unbranched alkanes of at least 4 members (excludes halogenated alkanes) is 16. The first-order chi connectivity index (χ1) is 39.0. The highest BCUT2D eigenvalue weighted by molar-refractivity contribution is 5.71. The molecule has 0 saturated heterocycles. The summed E-state index contributed by atoms with van der Waals surface area (Å²) in [6.07, 6.45) is 96.6. The largest absolute Gasteiger partial charge is 0.462 e. The van der Waals surface area contributed by atoms with Gasteiger partial charge in [-0.1, -0.05) is 268 Å². The monoisotopic (exact) mass is 1090 g/mol. The SMILES string of the molecule is CC/C=C\C/C=C\C/C=C\C/C=C\C/C=C\C/C=C\CCC(=O)OC(COC(=O)CCC/C=C\C/C=C\C/C=C\C/C=C\C/C=C\CC)COC(=O)CCCCCCCCCCCC/C=C\C/C=C\C/C=C\CCCCCCC. The minimum atomic E-state index is -0.854. The van der Waals surface area contributed by atoms with Gasteiger partial charge in [0.25, 0.3) is 0 Å². The van der Waals surface area contributed by atoms with E-state index in [0.29, 0.717) is 19.3 Å². The second kappa shape index (κ2) is 65.3. The highest BCUT2D eigenvalue weighted by atomic mass is 16.6. The lowest BCUT2D eigenvalue weighted by molar-refractivity contribution is -0.166. The van der Waals surface area contributed by atoms with Gasteiger partial charge >= 0.3 is 17.9 Å². The molecule has 0 aromatic heterocycles. The van der Waals surface area contributed by atoms with Gasteiger partial charge in [0.2, 0.25) is 0 Å². The Kier molecular flexibility index (Phi) is 61.0. The first kappa shape index (κ1) is 73.8. The van der Waals surface area contributed by atoms with Gasteiger partial charge in [0.1, 0.15) is 13.2 Å². The van der Waals surface area contributed by atoms with Crippen molar-refractivity contribution in [1.29, 1.82) is 0 Å². The van der Waals surface area contributed by atoms with Crippen LogP contribution in [0.25, 0.3) is 0 Å². The molecular formula is C73H114O6. The molecule has 6 nitrogen and oxygen atoms in total. The third-order valence-corrected chi connectivity index (χ3v) is 12.7. The molecule has 6 heteroatoms. The maximum atomic E-state index is 12.9. The average Bonchev–Trinajstić information content (AvgIpc) is 3.45. The van der Waals surface area contributed by atoms with Crippen molar-refractivity contribution < 1.29 is 28.6 Å². The van der Waals surface area contributed by atoms with Crippen LogP contribution >= 0.6 is 0 Å². The van der Waals surface area contributed by atoms with E-state index in [9.17, 15) is 14.4 Å². The molecule has 442 valence electrons. The second-order valence-corrected chi connectivity index (χ2v) is 20.2. The van der Waals surface area contributed by atoms with Crippen LogP contribution in [0.3, 0.4) is 0 Å². The van der Waals surface area contributed by atoms with E-state index in [0.717, 1.165) is 109 Å². The van der Waals surface area contributed by atoms with Crippen LogP contribution in [0.1, 0.15) is 252 Å². The number of allylic oxidation sites excluding steroid dienone is 28. The molecular weight excluding hydrogens is 973 g/mol. The van der Waals surface area contributed by atoms with Crippen molar-refractivity contribution >= 4 is 17.9 Å². The predicted molar refractivity (Wildman–Crippen MR) is 343 cm³/mol. The minimum absolute atomic E-state index is 0.136. The van der Waals surface area contributed by atoms with Crippen LogP contribution in [0, 0.1) is 0 Å². The van der Waals surface area contributed by atoms with Crippen LogP contribution in [0.2, 0.25) is 0 Å². The molecule has 0 aliphatic heterocycles. The van der Waals surface area contributed by atoms with E-state index in [2.05, 4.69) is 179 Å². The zero-order valence-corrected chi connectivity index (χ0v) is 50.6. The zero-order valence-electron chi connectivity index (χ0n) is 50.6. The summed E-state index contributed by atoms with van der Waals surface area (Å²) in [6, 6.07) is 0. The van der Waals surface area contributed by atoms with Gasteiger partial charge in [0.05, 0.1) is 0 Å². The average molecular weight is 1090 g/mol. The molecule has 0 radical (unpaired) electrons. The van der Waals surface area contributed by atoms with Gasteiger partial charge in [0, 0.05) is 19.3 Å². The molecule has 0 amide bonds. The standard InChI is InChI=1S/C73H114O6/c1-4-7-10-13-16-19-22-25-28-31-33-34-35-36-37-38-40-42-45-48-51-54-57-60-63-66-72(75)78-69-70(68-77-71(74)65-62-59-56-53-50-47-44-41-30-27-24-21-18-15-12-9-6-3)79-73(76)67-64-61-58-55-52-49-46-43-39-32-29-26-23-20-17-14-11-8-5-2/h8-9,11-12,17-18,20-22,25-27,29-31,33,35-36,39,43-44,47,49,52-53,56,58,61,70H,4-7,10,13-16,19,23-24,28,32,34,37-38,40-42,45-46,48,50-51,54-55,57,59-60,62-69H2,1-3H3/b11-8-,12-9-,20-17-,21-18-,25-22-,29-26-,30-27-,33-31-,36-35-,43-39-,47-44-,52-49-,56-53-,61-58-. The van der Waals surface area contributed by atoms with E-state index in [4.69, 9.17) is 14.2 Å². The normalized spacial score (nSPS) is 13.3. The van der Waals surface area contributed by atoms with E-state index in [1.807, 2.05) is 12.2 Å². The quantitative estimate of drug-likeness (QED) is 0.0261. The molecule has 0 saturated carbocycles. The lowest BCUT2D eigenvalue weighted by atomic mass is 10.1. The number of ether oxygens (including phenoxy) is 3. The van der Waals surface area contributed by atoms with Crippen LogP contribution in [-0.2, 0) is 28.6 Å². The lowest BCUT2D eigenvalue weighted by Crippen LogP contribution is -2.30. The molecule has 1 atom stereocenters. The zero-order chi connectivity index (χ0) is 57.1. The van der Waals surface area contributed by atoms with Crippen LogP contribution in [-0.4, -0.2) is 37.2 Å². The highest BCUT2D eigenvalue weighted by Crippen LogP contribution is 2.14. The molecule has 0 aromatic rings. The molecule has 0 aromatic carbocycles. The van der Waals surface area contributed by atoms with E-state index < -0.39 is 12.1 Å². The topological polar surface area (TPSA) is 78.9 Å².